The molecule has 90 valence electrons. The van der Waals surface area contributed by atoms with Gasteiger partial charge in [-0.15, -0.1) is 0 Å². The highest BCUT2D eigenvalue weighted by Gasteiger charge is 2.18. The van der Waals surface area contributed by atoms with Crippen LogP contribution in [0, 0.1) is 0 Å². The fourth-order valence-electron chi connectivity index (χ4n) is 1.38. The molecule has 0 bridgehead atoms. The van der Waals surface area contributed by atoms with E-state index >= 15 is 0 Å². The van der Waals surface area contributed by atoms with Gasteiger partial charge >= 0.3 is 0 Å². The van der Waals surface area contributed by atoms with Crippen LogP contribution in [-0.2, 0) is 5.41 Å². The zero-order valence-electron chi connectivity index (χ0n) is 11.3. The molecule has 0 radical (unpaired) electrons. The van der Waals surface area contributed by atoms with Crippen LogP contribution in [0.2, 0.25) is 0 Å². The predicted octanol–water partition coefficient (Wildman–Crippen LogP) is 3.33. The number of rotatable bonds is 3. The van der Waals surface area contributed by atoms with Gasteiger partial charge < -0.3 is 5.32 Å². The van der Waals surface area contributed by atoms with Crippen molar-refractivity contribution < 1.29 is 0 Å². The van der Waals surface area contributed by atoms with Gasteiger partial charge in [0.25, 0.3) is 0 Å². The van der Waals surface area contributed by atoms with Gasteiger partial charge in [0.1, 0.15) is 11.6 Å². The SMILES string of the molecule is CCNc1cc(C(C)(C)C)nc(C(C)C)n1. The van der Waals surface area contributed by atoms with Crippen molar-refractivity contribution in [3.05, 3.63) is 17.6 Å². The molecule has 1 aromatic heterocycles. The van der Waals surface area contributed by atoms with Crippen LogP contribution in [0.5, 0.6) is 0 Å². The van der Waals surface area contributed by atoms with E-state index in [9.17, 15) is 0 Å². The standard InChI is InChI=1S/C13H23N3/c1-7-14-11-8-10(13(4,5)6)15-12(16-11)9(2)3/h8-9H,7H2,1-6H3,(H,14,15,16). The lowest BCUT2D eigenvalue weighted by atomic mass is 9.91. The minimum absolute atomic E-state index is 0.0662. The predicted molar refractivity (Wildman–Crippen MR) is 69.0 cm³/mol. The van der Waals surface area contributed by atoms with E-state index in [0.717, 1.165) is 23.9 Å². The Morgan fingerprint density at radius 2 is 1.88 bits per heavy atom. The van der Waals surface area contributed by atoms with Crippen molar-refractivity contribution >= 4 is 5.82 Å². The Labute approximate surface area is 98.7 Å². The van der Waals surface area contributed by atoms with Gasteiger partial charge in [-0.1, -0.05) is 34.6 Å². The van der Waals surface area contributed by atoms with Gasteiger partial charge in [-0.2, -0.15) is 0 Å². The quantitative estimate of drug-likeness (QED) is 0.850. The molecule has 0 aromatic carbocycles. The van der Waals surface area contributed by atoms with Crippen molar-refractivity contribution in [3.8, 4) is 0 Å². The molecule has 3 heteroatoms. The van der Waals surface area contributed by atoms with E-state index in [4.69, 9.17) is 0 Å². The molecule has 0 atom stereocenters. The van der Waals surface area contributed by atoms with Gasteiger partial charge in [0.15, 0.2) is 0 Å². The van der Waals surface area contributed by atoms with Gasteiger partial charge in [-0.3, -0.25) is 0 Å². The lowest BCUT2D eigenvalue weighted by Gasteiger charge is -2.20. The molecule has 16 heavy (non-hydrogen) atoms. The van der Waals surface area contributed by atoms with Crippen molar-refractivity contribution in [1.82, 2.24) is 9.97 Å². The van der Waals surface area contributed by atoms with Gasteiger partial charge in [0.2, 0.25) is 0 Å². The Morgan fingerprint density at radius 1 is 1.25 bits per heavy atom. The highest BCUT2D eigenvalue weighted by molar-refractivity contribution is 5.38. The summed E-state index contributed by atoms with van der Waals surface area (Å²) in [5.41, 5.74) is 1.17. The summed E-state index contributed by atoms with van der Waals surface area (Å²) in [6, 6.07) is 2.05. The lowest BCUT2D eigenvalue weighted by molar-refractivity contribution is 0.559. The van der Waals surface area contributed by atoms with E-state index in [0.29, 0.717) is 5.92 Å². The smallest absolute Gasteiger partial charge is 0.133 e. The van der Waals surface area contributed by atoms with Crippen LogP contribution in [0.3, 0.4) is 0 Å². The Bertz CT molecular complexity index is 351. The minimum atomic E-state index is 0.0662. The van der Waals surface area contributed by atoms with E-state index in [1.54, 1.807) is 0 Å². The Balaban J connectivity index is 3.19. The first kappa shape index (κ1) is 12.9. The van der Waals surface area contributed by atoms with Gasteiger partial charge in [-0.25, -0.2) is 9.97 Å². The van der Waals surface area contributed by atoms with E-state index in [2.05, 4.69) is 62.9 Å². The van der Waals surface area contributed by atoms with Crippen LogP contribution in [-0.4, -0.2) is 16.5 Å². The molecular formula is C13H23N3. The fourth-order valence-corrected chi connectivity index (χ4v) is 1.38. The van der Waals surface area contributed by atoms with Crippen molar-refractivity contribution in [1.29, 1.82) is 0 Å². The van der Waals surface area contributed by atoms with Crippen molar-refractivity contribution in [2.75, 3.05) is 11.9 Å². The molecule has 1 heterocycles. The summed E-state index contributed by atoms with van der Waals surface area (Å²) in [5, 5.41) is 3.26. The first-order valence-corrected chi connectivity index (χ1v) is 5.98. The molecule has 1 rings (SSSR count). The highest BCUT2D eigenvalue weighted by atomic mass is 15.0. The number of nitrogens with zero attached hydrogens (tertiary/aromatic N) is 2. The Hall–Kier alpha value is -1.12. The highest BCUT2D eigenvalue weighted by Crippen LogP contribution is 2.24. The van der Waals surface area contributed by atoms with Crippen LogP contribution in [0.4, 0.5) is 5.82 Å². The second-order valence-corrected chi connectivity index (χ2v) is 5.43. The number of hydrogen-bond donors (Lipinski definition) is 1. The molecule has 0 unspecified atom stereocenters. The van der Waals surface area contributed by atoms with E-state index in [1.165, 1.54) is 0 Å². The monoisotopic (exact) mass is 221 g/mol. The average molecular weight is 221 g/mol. The van der Waals surface area contributed by atoms with Crippen molar-refractivity contribution in [3.63, 3.8) is 0 Å². The van der Waals surface area contributed by atoms with E-state index < -0.39 is 0 Å². The van der Waals surface area contributed by atoms with Crippen LogP contribution in [0.15, 0.2) is 6.07 Å². The number of hydrogen-bond acceptors (Lipinski definition) is 3. The third-order valence-electron chi connectivity index (χ3n) is 2.39. The molecule has 1 aromatic rings. The average Bonchev–Trinajstić information content (AvgIpc) is 2.16. The third-order valence-corrected chi connectivity index (χ3v) is 2.39. The molecule has 0 aliphatic rings. The second kappa shape index (κ2) is 4.81. The first-order chi connectivity index (χ1) is 7.34. The van der Waals surface area contributed by atoms with Gasteiger partial charge in [0.05, 0.1) is 5.69 Å². The maximum atomic E-state index is 4.64. The molecule has 0 aliphatic carbocycles. The number of nitrogens with one attached hydrogen (secondary N) is 1. The van der Waals surface area contributed by atoms with Crippen molar-refractivity contribution in [2.24, 2.45) is 0 Å². The molecule has 0 saturated heterocycles. The van der Waals surface area contributed by atoms with Crippen molar-refractivity contribution in [2.45, 2.75) is 52.9 Å². The zero-order valence-corrected chi connectivity index (χ0v) is 11.3. The van der Waals surface area contributed by atoms with Crippen LogP contribution in [0.25, 0.3) is 0 Å². The maximum absolute atomic E-state index is 4.64. The number of aromatic nitrogens is 2. The summed E-state index contributed by atoms with van der Waals surface area (Å²) in [7, 11) is 0. The maximum Gasteiger partial charge on any atom is 0.133 e. The van der Waals surface area contributed by atoms with E-state index in [-0.39, 0.29) is 5.41 Å². The number of anilines is 1. The fraction of sp³-hybridized carbons (Fsp3) is 0.692. The van der Waals surface area contributed by atoms with Gasteiger partial charge in [-0.05, 0) is 6.92 Å². The van der Waals surface area contributed by atoms with Crippen LogP contribution >= 0.6 is 0 Å². The first-order valence-electron chi connectivity index (χ1n) is 5.98. The molecule has 0 fully saturated rings. The summed E-state index contributed by atoms with van der Waals surface area (Å²) in [6.45, 7) is 13.7. The molecule has 0 amide bonds. The molecule has 3 nitrogen and oxygen atoms in total. The summed E-state index contributed by atoms with van der Waals surface area (Å²) < 4.78 is 0. The van der Waals surface area contributed by atoms with E-state index in [1.807, 2.05) is 0 Å². The third kappa shape index (κ3) is 3.19. The Kier molecular flexibility index (Phi) is 3.89. The van der Waals surface area contributed by atoms with Gasteiger partial charge in [0, 0.05) is 23.9 Å². The lowest BCUT2D eigenvalue weighted by Crippen LogP contribution is -2.17. The summed E-state index contributed by atoms with van der Waals surface area (Å²) in [4.78, 5) is 9.15. The topological polar surface area (TPSA) is 37.8 Å². The molecule has 0 spiro atoms. The summed E-state index contributed by atoms with van der Waals surface area (Å²) in [5.74, 6) is 2.22. The summed E-state index contributed by atoms with van der Waals surface area (Å²) >= 11 is 0. The molecule has 0 aliphatic heterocycles. The normalized spacial score (nSPS) is 11.9. The molecular weight excluding hydrogens is 198 g/mol. The second-order valence-electron chi connectivity index (χ2n) is 5.43. The molecule has 0 saturated carbocycles. The largest absolute Gasteiger partial charge is 0.370 e. The zero-order chi connectivity index (χ0) is 12.3. The Morgan fingerprint density at radius 3 is 2.31 bits per heavy atom. The van der Waals surface area contributed by atoms with Crippen LogP contribution < -0.4 is 5.32 Å². The molecule has 1 N–H and O–H groups in total. The summed E-state index contributed by atoms with van der Waals surface area (Å²) in [6.07, 6.45) is 0. The minimum Gasteiger partial charge on any atom is -0.370 e. The van der Waals surface area contributed by atoms with Crippen LogP contribution in [0.1, 0.15) is 59.0 Å².